The van der Waals surface area contributed by atoms with E-state index in [0.29, 0.717) is 5.82 Å². The summed E-state index contributed by atoms with van der Waals surface area (Å²) in [5, 5.41) is 0. The van der Waals surface area contributed by atoms with Gasteiger partial charge in [0.2, 0.25) is 0 Å². The first kappa shape index (κ1) is 15.7. The number of methoxy groups -OCH3 is 2. The molecule has 0 amide bonds. The summed E-state index contributed by atoms with van der Waals surface area (Å²) in [5.41, 5.74) is 0.643. The van der Waals surface area contributed by atoms with E-state index in [4.69, 9.17) is 0 Å². The van der Waals surface area contributed by atoms with Gasteiger partial charge in [0.25, 0.3) is 0 Å². The predicted molar refractivity (Wildman–Crippen MR) is 74.0 cm³/mol. The number of carbonyl (C=O) groups excluding carboxylic acids is 2. The van der Waals surface area contributed by atoms with Crippen LogP contribution >= 0.6 is 12.4 Å². The van der Waals surface area contributed by atoms with Crippen molar-refractivity contribution in [1.82, 2.24) is 9.97 Å². The molecule has 0 saturated heterocycles. The zero-order chi connectivity index (χ0) is 13.8. The summed E-state index contributed by atoms with van der Waals surface area (Å²) in [4.78, 5) is 30.1. The zero-order valence-corrected chi connectivity index (χ0v) is 11.7. The molecule has 0 aliphatic rings. The first-order valence-electron chi connectivity index (χ1n) is 5.49. The van der Waals surface area contributed by atoms with Crippen molar-refractivity contribution >= 4 is 24.3 Å². The minimum Gasteiger partial charge on any atom is -0.464 e. The molecule has 0 spiro atoms. The molecule has 0 fully saturated rings. The molecule has 0 aliphatic heterocycles. The Kier molecular flexibility index (Phi) is 5.28. The number of H-pyrrole nitrogens is 1. The molecule has 6 nitrogen and oxygen atoms in total. The summed E-state index contributed by atoms with van der Waals surface area (Å²) < 4.78 is 9.19. The van der Waals surface area contributed by atoms with Crippen LogP contribution in [-0.2, 0) is 9.47 Å². The number of imidazole rings is 1. The number of rotatable bonds is 3. The minimum atomic E-state index is -0.696. The number of carbonyl (C=O) groups is 2. The van der Waals surface area contributed by atoms with Crippen LogP contribution in [0.2, 0.25) is 0 Å². The van der Waals surface area contributed by atoms with Crippen molar-refractivity contribution in [2.75, 3.05) is 14.2 Å². The van der Waals surface area contributed by atoms with Crippen molar-refractivity contribution in [1.29, 1.82) is 0 Å². The van der Waals surface area contributed by atoms with E-state index in [1.54, 1.807) is 12.1 Å². The number of nitrogens with zero attached hydrogens (tertiary/aromatic N) is 1. The van der Waals surface area contributed by atoms with Crippen LogP contribution in [0.5, 0.6) is 0 Å². The van der Waals surface area contributed by atoms with E-state index in [1.807, 2.05) is 18.2 Å². The van der Waals surface area contributed by atoms with Crippen molar-refractivity contribution in [2.24, 2.45) is 0 Å². The van der Waals surface area contributed by atoms with Crippen molar-refractivity contribution in [2.45, 2.75) is 0 Å². The molecule has 1 aromatic carbocycles. The van der Waals surface area contributed by atoms with E-state index in [1.165, 1.54) is 14.2 Å². The Balaban J connectivity index is 0.00000200. The lowest BCUT2D eigenvalue weighted by atomic mass is 10.2. The summed E-state index contributed by atoms with van der Waals surface area (Å²) in [6.45, 7) is 0. The van der Waals surface area contributed by atoms with Gasteiger partial charge >= 0.3 is 11.9 Å². The number of benzene rings is 1. The number of hydrogen-bond acceptors (Lipinski definition) is 5. The maximum absolute atomic E-state index is 11.6. The van der Waals surface area contributed by atoms with E-state index in [0.717, 1.165) is 5.56 Å². The van der Waals surface area contributed by atoms with Crippen molar-refractivity contribution in [3.8, 4) is 11.4 Å². The standard InChI is InChI=1S/C13H12N2O4.ClH/c1-18-12(16)9-10(13(17)19-2)15-11(14-9)8-6-4-3-5-7-8;/h3-7H,1-2H3,(H,14,15);1H. The number of hydrogen-bond donors (Lipinski definition) is 1. The molecule has 7 heteroatoms. The minimum absolute atomic E-state index is 0. The fourth-order valence-electron chi connectivity index (χ4n) is 1.60. The number of halogens is 1. The van der Waals surface area contributed by atoms with Gasteiger partial charge in [-0.15, -0.1) is 12.4 Å². The van der Waals surface area contributed by atoms with Crippen LogP contribution in [-0.4, -0.2) is 36.1 Å². The first-order chi connectivity index (χ1) is 9.17. The first-order valence-corrected chi connectivity index (χ1v) is 5.49. The fourth-order valence-corrected chi connectivity index (χ4v) is 1.60. The van der Waals surface area contributed by atoms with Crippen LogP contribution in [0.1, 0.15) is 21.0 Å². The fraction of sp³-hybridized carbons (Fsp3) is 0.154. The molecule has 1 heterocycles. The Bertz CT molecular complexity index is 577. The second kappa shape index (κ2) is 6.72. The van der Waals surface area contributed by atoms with Gasteiger partial charge in [-0.25, -0.2) is 14.6 Å². The zero-order valence-electron chi connectivity index (χ0n) is 10.9. The molecule has 20 heavy (non-hydrogen) atoms. The highest BCUT2D eigenvalue weighted by Gasteiger charge is 2.24. The third-order valence-corrected chi connectivity index (χ3v) is 2.52. The van der Waals surface area contributed by atoms with Gasteiger partial charge in [0.1, 0.15) is 5.82 Å². The smallest absolute Gasteiger partial charge is 0.359 e. The summed E-state index contributed by atoms with van der Waals surface area (Å²) in [7, 11) is 2.45. The maximum Gasteiger partial charge on any atom is 0.359 e. The maximum atomic E-state index is 11.6. The summed E-state index contributed by atoms with van der Waals surface area (Å²) >= 11 is 0. The third kappa shape index (κ3) is 2.97. The lowest BCUT2D eigenvalue weighted by molar-refractivity contribution is 0.0548. The molecule has 1 N–H and O–H groups in total. The van der Waals surface area contributed by atoms with Crippen molar-refractivity contribution in [3.05, 3.63) is 41.7 Å². The van der Waals surface area contributed by atoms with Gasteiger partial charge in [0, 0.05) is 5.56 Å². The van der Waals surface area contributed by atoms with Crippen LogP contribution in [0.3, 0.4) is 0 Å². The molecule has 0 atom stereocenters. The van der Waals surface area contributed by atoms with Gasteiger partial charge in [0.15, 0.2) is 11.4 Å². The SMILES string of the molecule is COC(=O)c1nc(-c2ccccc2)[nH]c1C(=O)OC.Cl. The van der Waals surface area contributed by atoms with Crippen molar-refractivity contribution in [3.63, 3.8) is 0 Å². The highest BCUT2D eigenvalue weighted by Crippen LogP contribution is 2.19. The van der Waals surface area contributed by atoms with Gasteiger partial charge in [-0.1, -0.05) is 30.3 Å². The molecule has 106 valence electrons. The normalized spacial score (nSPS) is 9.50. The second-order valence-corrected chi connectivity index (χ2v) is 3.66. The molecular formula is C13H13ClN2O4. The summed E-state index contributed by atoms with van der Waals surface area (Å²) in [6.07, 6.45) is 0. The van der Waals surface area contributed by atoms with Crippen LogP contribution in [0.4, 0.5) is 0 Å². The van der Waals surface area contributed by atoms with E-state index in [-0.39, 0.29) is 23.8 Å². The largest absolute Gasteiger partial charge is 0.464 e. The average molecular weight is 297 g/mol. The number of nitrogens with one attached hydrogen (secondary N) is 1. The highest BCUT2D eigenvalue weighted by atomic mass is 35.5. The number of aromatic nitrogens is 2. The van der Waals surface area contributed by atoms with E-state index < -0.39 is 11.9 Å². The molecule has 0 saturated carbocycles. The molecule has 0 unspecified atom stereocenters. The van der Waals surface area contributed by atoms with Crippen molar-refractivity contribution < 1.29 is 19.1 Å². The Morgan fingerprint density at radius 3 is 2.20 bits per heavy atom. The Morgan fingerprint density at radius 1 is 1.05 bits per heavy atom. The molecular weight excluding hydrogens is 284 g/mol. The molecule has 0 aliphatic carbocycles. The predicted octanol–water partition coefficient (Wildman–Crippen LogP) is 2.07. The number of aromatic amines is 1. The van der Waals surface area contributed by atoms with Gasteiger partial charge in [-0.3, -0.25) is 0 Å². The van der Waals surface area contributed by atoms with Crippen LogP contribution in [0.15, 0.2) is 30.3 Å². The summed E-state index contributed by atoms with van der Waals surface area (Å²) in [5.74, 6) is -0.963. The lowest BCUT2D eigenvalue weighted by Gasteiger charge is -1.98. The van der Waals surface area contributed by atoms with Crippen LogP contribution in [0.25, 0.3) is 11.4 Å². The molecule has 2 aromatic rings. The van der Waals surface area contributed by atoms with E-state index >= 15 is 0 Å². The summed E-state index contributed by atoms with van der Waals surface area (Å²) in [6, 6.07) is 9.12. The van der Waals surface area contributed by atoms with E-state index in [2.05, 4.69) is 19.4 Å². The molecule has 1 aromatic heterocycles. The number of ether oxygens (including phenoxy) is 2. The molecule has 2 rings (SSSR count). The Labute approximate surface area is 121 Å². The Morgan fingerprint density at radius 2 is 1.65 bits per heavy atom. The van der Waals surface area contributed by atoms with E-state index in [9.17, 15) is 9.59 Å². The lowest BCUT2D eigenvalue weighted by Crippen LogP contribution is -2.11. The molecule has 0 bridgehead atoms. The van der Waals surface area contributed by atoms with Gasteiger partial charge in [-0.2, -0.15) is 0 Å². The average Bonchev–Trinajstić information content (AvgIpc) is 2.91. The van der Waals surface area contributed by atoms with Gasteiger partial charge in [-0.05, 0) is 0 Å². The van der Waals surface area contributed by atoms with Crippen LogP contribution < -0.4 is 0 Å². The highest BCUT2D eigenvalue weighted by molar-refractivity contribution is 6.01. The Hall–Kier alpha value is -2.34. The number of esters is 2. The quantitative estimate of drug-likeness (QED) is 0.877. The second-order valence-electron chi connectivity index (χ2n) is 3.66. The van der Waals surface area contributed by atoms with Gasteiger partial charge < -0.3 is 14.5 Å². The topological polar surface area (TPSA) is 81.3 Å². The monoisotopic (exact) mass is 296 g/mol. The van der Waals surface area contributed by atoms with Crippen LogP contribution in [0, 0.1) is 0 Å². The molecule has 0 radical (unpaired) electrons. The third-order valence-electron chi connectivity index (χ3n) is 2.52. The van der Waals surface area contributed by atoms with Gasteiger partial charge in [0.05, 0.1) is 14.2 Å².